The minimum absolute atomic E-state index is 0.246. The lowest BCUT2D eigenvalue weighted by Crippen LogP contribution is -2.26. The maximum Gasteiger partial charge on any atom is 0.104 e. The van der Waals surface area contributed by atoms with Crippen LogP contribution in [0.15, 0.2) is 24.3 Å². The lowest BCUT2D eigenvalue weighted by molar-refractivity contribution is 0.0463. The highest BCUT2D eigenvalue weighted by molar-refractivity contribution is 7.19. The van der Waals surface area contributed by atoms with E-state index < -0.39 is 0 Å². The van der Waals surface area contributed by atoms with Gasteiger partial charge in [-0.05, 0) is 30.0 Å². The van der Waals surface area contributed by atoms with Crippen molar-refractivity contribution in [3.05, 3.63) is 34.7 Å². The normalized spacial score (nSPS) is 17.7. The monoisotopic (exact) mass is 277 g/mol. The molecule has 1 N–H and O–H groups in total. The van der Waals surface area contributed by atoms with Crippen LogP contribution in [0.2, 0.25) is 0 Å². The largest absolute Gasteiger partial charge is 0.371 e. The van der Waals surface area contributed by atoms with E-state index in [0.717, 1.165) is 26.1 Å². The van der Waals surface area contributed by atoms with Crippen LogP contribution in [0.25, 0.3) is 10.1 Å². The second-order valence-electron chi connectivity index (χ2n) is 4.36. The second kappa shape index (κ2) is 7.04. The van der Waals surface area contributed by atoms with Gasteiger partial charge < -0.3 is 10.1 Å². The fourth-order valence-corrected chi connectivity index (χ4v) is 3.74. The van der Waals surface area contributed by atoms with Crippen LogP contribution in [0.4, 0.5) is 0 Å². The molecule has 3 rings (SSSR count). The van der Waals surface area contributed by atoms with Crippen molar-refractivity contribution in [1.82, 2.24) is 5.32 Å². The van der Waals surface area contributed by atoms with Gasteiger partial charge in [0.15, 0.2) is 0 Å². The molecule has 104 valence electrons. The molecular weight excluding hydrogens is 254 g/mol. The van der Waals surface area contributed by atoms with Crippen LogP contribution in [0, 0.1) is 0 Å². The summed E-state index contributed by atoms with van der Waals surface area (Å²) in [4.78, 5) is 1.43. The number of hydrogen-bond acceptors (Lipinski definition) is 3. The highest BCUT2D eigenvalue weighted by Crippen LogP contribution is 2.39. The van der Waals surface area contributed by atoms with E-state index in [0.29, 0.717) is 0 Å². The molecule has 1 aromatic heterocycles. The Hall–Kier alpha value is -0.900. The van der Waals surface area contributed by atoms with Crippen LogP contribution in [0.5, 0.6) is 0 Å². The molecule has 0 saturated heterocycles. The molecule has 1 aromatic carbocycles. The summed E-state index contributed by atoms with van der Waals surface area (Å²) in [6.45, 7) is 8.91. The molecule has 1 aliphatic heterocycles. The maximum atomic E-state index is 5.88. The Morgan fingerprint density at radius 2 is 2.11 bits per heavy atom. The number of likely N-dealkylation sites (N-methyl/N-ethyl adjacent to an activating group) is 1. The van der Waals surface area contributed by atoms with Crippen molar-refractivity contribution < 1.29 is 4.74 Å². The third-order valence-corrected chi connectivity index (χ3v) is 4.58. The predicted octanol–water partition coefficient (Wildman–Crippen LogP) is 4.15. The Kier molecular flexibility index (Phi) is 5.37. The molecule has 0 radical (unpaired) electrons. The summed E-state index contributed by atoms with van der Waals surface area (Å²) in [6.07, 6.45) is 1.30. The number of nitrogens with one attached hydrogen (secondary N) is 1. The van der Waals surface area contributed by atoms with E-state index in [1.165, 1.54) is 20.5 Å². The van der Waals surface area contributed by atoms with Gasteiger partial charge in [0.2, 0.25) is 0 Å². The van der Waals surface area contributed by atoms with Crippen LogP contribution in [-0.2, 0) is 11.2 Å². The van der Waals surface area contributed by atoms with Gasteiger partial charge in [-0.25, -0.2) is 0 Å². The molecule has 0 amide bonds. The van der Waals surface area contributed by atoms with E-state index >= 15 is 0 Å². The quantitative estimate of drug-likeness (QED) is 0.910. The number of rotatable bonds is 3. The average molecular weight is 277 g/mol. The van der Waals surface area contributed by atoms with Gasteiger partial charge in [-0.3, -0.25) is 0 Å². The summed E-state index contributed by atoms with van der Waals surface area (Å²) >= 11 is 1.89. The summed E-state index contributed by atoms with van der Waals surface area (Å²) in [6, 6.07) is 8.69. The summed E-state index contributed by atoms with van der Waals surface area (Å²) in [5.41, 5.74) is 1.51. The Balaban J connectivity index is 0.000000637. The van der Waals surface area contributed by atoms with Crippen LogP contribution in [0.3, 0.4) is 0 Å². The Morgan fingerprint density at radius 3 is 2.89 bits per heavy atom. The summed E-state index contributed by atoms with van der Waals surface area (Å²) in [7, 11) is 0. The SMILES string of the molecule is CC.CCNCC1OCCc2c1sc1ccccc21. The van der Waals surface area contributed by atoms with Crippen molar-refractivity contribution in [1.29, 1.82) is 0 Å². The van der Waals surface area contributed by atoms with Crippen molar-refractivity contribution in [2.75, 3.05) is 19.7 Å². The molecule has 1 aliphatic rings. The van der Waals surface area contributed by atoms with Gasteiger partial charge in [0.1, 0.15) is 6.10 Å². The van der Waals surface area contributed by atoms with Gasteiger partial charge in [-0.15, -0.1) is 11.3 Å². The van der Waals surface area contributed by atoms with Crippen molar-refractivity contribution in [3.63, 3.8) is 0 Å². The molecule has 3 heteroatoms. The molecular formula is C16H23NOS. The first kappa shape index (κ1) is 14.5. The van der Waals surface area contributed by atoms with E-state index in [2.05, 4.69) is 36.5 Å². The third-order valence-electron chi connectivity index (χ3n) is 3.27. The zero-order valence-electron chi connectivity index (χ0n) is 12.0. The third kappa shape index (κ3) is 2.99. The molecule has 1 atom stereocenters. The van der Waals surface area contributed by atoms with Gasteiger partial charge in [-0.2, -0.15) is 0 Å². The van der Waals surface area contributed by atoms with Gasteiger partial charge in [0.25, 0.3) is 0 Å². The van der Waals surface area contributed by atoms with E-state index in [4.69, 9.17) is 4.74 Å². The topological polar surface area (TPSA) is 21.3 Å². The number of fused-ring (bicyclic) bond motifs is 3. The number of benzene rings is 1. The summed E-state index contributed by atoms with van der Waals surface area (Å²) in [5.74, 6) is 0. The number of hydrogen-bond donors (Lipinski definition) is 1. The lowest BCUT2D eigenvalue weighted by Gasteiger charge is -2.23. The van der Waals surface area contributed by atoms with E-state index in [1.807, 2.05) is 25.2 Å². The average Bonchev–Trinajstić information content (AvgIpc) is 2.86. The summed E-state index contributed by atoms with van der Waals surface area (Å²) in [5, 5.41) is 4.81. The fourth-order valence-electron chi connectivity index (χ4n) is 2.44. The van der Waals surface area contributed by atoms with Gasteiger partial charge in [-0.1, -0.05) is 39.0 Å². The van der Waals surface area contributed by atoms with Gasteiger partial charge in [0, 0.05) is 16.1 Å². The van der Waals surface area contributed by atoms with Crippen LogP contribution >= 0.6 is 11.3 Å². The van der Waals surface area contributed by atoms with Gasteiger partial charge in [0.05, 0.1) is 6.61 Å². The Morgan fingerprint density at radius 1 is 1.32 bits per heavy atom. The number of thiophene rings is 1. The van der Waals surface area contributed by atoms with Crippen LogP contribution in [0.1, 0.15) is 37.3 Å². The molecule has 0 spiro atoms. The maximum absolute atomic E-state index is 5.88. The van der Waals surface area contributed by atoms with E-state index in [9.17, 15) is 0 Å². The Bertz CT molecular complexity index is 520. The summed E-state index contributed by atoms with van der Waals surface area (Å²) < 4.78 is 7.28. The molecule has 19 heavy (non-hydrogen) atoms. The fraction of sp³-hybridized carbons (Fsp3) is 0.500. The van der Waals surface area contributed by atoms with Gasteiger partial charge >= 0.3 is 0 Å². The van der Waals surface area contributed by atoms with Crippen LogP contribution in [-0.4, -0.2) is 19.7 Å². The lowest BCUT2D eigenvalue weighted by atomic mass is 10.0. The molecule has 1 unspecified atom stereocenters. The first-order valence-electron chi connectivity index (χ1n) is 7.22. The highest BCUT2D eigenvalue weighted by atomic mass is 32.1. The first-order chi connectivity index (χ1) is 9.40. The van der Waals surface area contributed by atoms with Crippen molar-refractivity contribution in [2.24, 2.45) is 0 Å². The molecule has 0 aliphatic carbocycles. The van der Waals surface area contributed by atoms with Crippen molar-refractivity contribution in [2.45, 2.75) is 33.3 Å². The Labute approximate surface area is 119 Å². The molecule has 2 heterocycles. The van der Waals surface area contributed by atoms with E-state index in [-0.39, 0.29) is 6.10 Å². The second-order valence-corrected chi connectivity index (χ2v) is 5.44. The predicted molar refractivity (Wildman–Crippen MR) is 84.1 cm³/mol. The standard InChI is InChI=1S/C14H17NOS.C2H6/c1-2-15-9-12-14-11(7-8-16-12)10-5-3-4-6-13(10)17-14;1-2/h3-6,12,15H,2,7-9H2,1H3;1-2H3. The highest BCUT2D eigenvalue weighted by Gasteiger charge is 2.24. The molecule has 0 saturated carbocycles. The molecule has 2 nitrogen and oxygen atoms in total. The zero-order valence-corrected chi connectivity index (χ0v) is 12.8. The number of ether oxygens (including phenoxy) is 1. The molecule has 0 bridgehead atoms. The van der Waals surface area contributed by atoms with E-state index in [1.54, 1.807) is 0 Å². The molecule has 2 aromatic rings. The van der Waals surface area contributed by atoms with Crippen molar-refractivity contribution >= 4 is 21.4 Å². The minimum atomic E-state index is 0.246. The molecule has 0 fully saturated rings. The van der Waals surface area contributed by atoms with Crippen LogP contribution < -0.4 is 5.32 Å². The first-order valence-corrected chi connectivity index (χ1v) is 8.04. The van der Waals surface area contributed by atoms with Crippen molar-refractivity contribution in [3.8, 4) is 0 Å². The zero-order chi connectivity index (χ0) is 13.7. The smallest absolute Gasteiger partial charge is 0.104 e. The minimum Gasteiger partial charge on any atom is -0.371 e.